The van der Waals surface area contributed by atoms with Crippen molar-refractivity contribution in [3.05, 3.63) is 52.9 Å². The standard InChI is InChI=1S/C24H27BrN6O2S/c1-3-21-22(25)24(30-10-8-16(9-11-30)13-28-34(2,32)33)29-23-19(15-27-31(21)23)18-12-17-6-4-5-7-20(17)26-14-18/h4-7,12,14-16,28H,3,8-11,13H2,1-2H3. The van der Waals surface area contributed by atoms with Gasteiger partial charge < -0.3 is 4.90 Å². The minimum absolute atomic E-state index is 0.327. The highest BCUT2D eigenvalue weighted by Crippen LogP contribution is 2.35. The number of para-hydroxylation sites is 1. The second-order valence-electron chi connectivity index (χ2n) is 8.81. The summed E-state index contributed by atoms with van der Waals surface area (Å²) in [6, 6.07) is 10.2. The fourth-order valence-electron chi connectivity index (χ4n) is 4.57. The SMILES string of the molecule is CCc1c(Br)c(N2CCC(CNS(C)(=O)=O)CC2)nc2c(-c3cnc4ccccc4c3)cnn12. The summed E-state index contributed by atoms with van der Waals surface area (Å²) in [4.78, 5) is 12.0. The maximum atomic E-state index is 11.4. The summed E-state index contributed by atoms with van der Waals surface area (Å²) in [6.45, 7) is 4.25. The molecule has 0 amide bonds. The Kier molecular flexibility index (Phi) is 6.30. The van der Waals surface area contributed by atoms with Crippen LogP contribution in [-0.4, -0.2) is 53.9 Å². The Bertz CT molecular complexity index is 1460. The number of hydrogen-bond acceptors (Lipinski definition) is 6. The van der Waals surface area contributed by atoms with Gasteiger partial charge in [-0.3, -0.25) is 4.98 Å². The molecule has 0 bridgehead atoms. The van der Waals surface area contributed by atoms with Crippen LogP contribution in [0.2, 0.25) is 0 Å². The van der Waals surface area contributed by atoms with Crippen molar-refractivity contribution in [2.75, 3.05) is 30.8 Å². The van der Waals surface area contributed by atoms with E-state index in [0.29, 0.717) is 12.5 Å². The normalized spacial score (nSPS) is 15.4. The number of fused-ring (bicyclic) bond motifs is 2. The van der Waals surface area contributed by atoms with Crippen molar-refractivity contribution < 1.29 is 8.42 Å². The Balaban J connectivity index is 1.49. The molecular weight excluding hydrogens is 516 g/mol. The van der Waals surface area contributed by atoms with Crippen LogP contribution in [0.5, 0.6) is 0 Å². The molecule has 0 saturated carbocycles. The van der Waals surface area contributed by atoms with E-state index in [1.165, 1.54) is 6.26 Å². The van der Waals surface area contributed by atoms with Crippen LogP contribution in [0.1, 0.15) is 25.5 Å². The minimum atomic E-state index is -3.17. The van der Waals surface area contributed by atoms with E-state index in [1.807, 2.05) is 35.1 Å². The number of hydrogen-bond donors (Lipinski definition) is 1. The molecule has 4 aromatic rings. The molecule has 0 spiro atoms. The molecule has 0 atom stereocenters. The van der Waals surface area contributed by atoms with Crippen LogP contribution in [0.3, 0.4) is 0 Å². The Morgan fingerprint density at radius 2 is 1.94 bits per heavy atom. The third kappa shape index (κ3) is 4.54. The van der Waals surface area contributed by atoms with Gasteiger partial charge in [-0.15, -0.1) is 0 Å². The molecule has 34 heavy (non-hydrogen) atoms. The van der Waals surface area contributed by atoms with Gasteiger partial charge in [-0.2, -0.15) is 5.10 Å². The average molecular weight is 543 g/mol. The summed E-state index contributed by atoms with van der Waals surface area (Å²) in [5.74, 6) is 1.24. The van der Waals surface area contributed by atoms with Crippen molar-refractivity contribution in [2.24, 2.45) is 5.92 Å². The molecule has 0 radical (unpaired) electrons. The Morgan fingerprint density at radius 3 is 2.68 bits per heavy atom. The quantitative estimate of drug-likeness (QED) is 0.395. The molecule has 8 nitrogen and oxygen atoms in total. The molecule has 178 valence electrons. The van der Waals surface area contributed by atoms with E-state index >= 15 is 0 Å². The molecule has 3 aromatic heterocycles. The first-order valence-corrected chi connectivity index (χ1v) is 14.1. The highest BCUT2D eigenvalue weighted by molar-refractivity contribution is 9.10. The number of nitrogens with zero attached hydrogens (tertiary/aromatic N) is 5. The van der Waals surface area contributed by atoms with E-state index in [2.05, 4.69) is 54.7 Å². The van der Waals surface area contributed by atoms with Gasteiger partial charge in [0.2, 0.25) is 10.0 Å². The van der Waals surface area contributed by atoms with E-state index in [1.54, 1.807) is 0 Å². The van der Waals surface area contributed by atoms with Gasteiger partial charge in [0.05, 0.1) is 28.1 Å². The van der Waals surface area contributed by atoms with Crippen molar-refractivity contribution in [1.82, 2.24) is 24.3 Å². The second-order valence-corrected chi connectivity index (χ2v) is 11.4. The summed E-state index contributed by atoms with van der Waals surface area (Å²) in [6.07, 6.45) is 7.58. The minimum Gasteiger partial charge on any atom is -0.356 e. The molecule has 1 N–H and O–H groups in total. The molecule has 1 fully saturated rings. The van der Waals surface area contributed by atoms with Crippen molar-refractivity contribution in [2.45, 2.75) is 26.2 Å². The third-order valence-electron chi connectivity index (χ3n) is 6.45. The number of nitrogens with one attached hydrogen (secondary N) is 1. The van der Waals surface area contributed by atoms with E-state index in [4.69, 9.17) is 4.98 Å². The van der Waals surface area contributed by atoms with E-state index < -0.39 is 10.0 Å². The lowest BCUT2D eigenvalue weighted by atomic mass is 9.97. The molecule has 5 rings (SSSR count). The largest absolute Gasteiger partial charge is 0.356 e. The van der Waals surface area contributed by atoms with Gasteiger partial charge in [0.1, 0.15) is 5.82 Å². The number of pyridine rings is 1. The van der Waals surface area contributed by atoms with Gasteiger partial charge in [-0.05, 0) is 53.2 Å². The molecule has 1 aliphatic heterocycles. The zero-order valence-electron chi connectivity index (χ0n) is 19.2. The van der Waals surface area contributed by atoms with Crippen molar-refractivity contribution in [3.8, 4) is 11.1 Å². The second kappa shape index (κ2) is 9.24. The smallest absolute Gasteiger partial charge is 0.208 e. The van der Waals surface area contributed by atoms with Gasteiger partial charge >= 0.3 is 0 Å². The lowest BCUT2D eigenvalue weighted by molar-refractivity contribution is 0.400. The van der Waals surface area contributed by atoms with Crippen LogP contribution in [-0.2, 0) is 16.4 Å². The van der Waals surface area contributed by atoms with Crippen molar-refractivity contribution in [3.63, 3.8) is 0 Å². The fourth-order valence-corrected chi connectivity index (χ4v) is 5.90. The number of aryl methyl sites for hydroxylation is 1. The monoisotopic (exact) mass is 542 g/mol. The molecule has 0 aliphatic carbocycles. The van der Waals surface area contributed by atoms with Crippen molar-refractivity contribution in [1.29, 1.82) is 0 Å². The topological polar surface area (TPSA) is 92.5 Å². The third-order valence-corrected chi connectivity index (χ3v) is 7.95. The number of halogens is 1. The number of sulfonamides is 1. The molecule has 10 heteroatoms. The number of benzene rings is 1. The molecule has 4 heterocycles. The Hall–Kier alpha value is -2.56. The number of rotatable bonds is 6. The van der Waals surface area contributed by atoms with Gasteiger partial charge in [-0.1, -0.05) is 25.1 Å². The molecule has 1 saturated heterocycles. The fraction of sp³-hybridized carbons (Fsp3) is 0.375. The number of anilines is 1. The van der Waals surface area contributed by atoms with Gasteiger partial charge in [0, 0.05) is 42.3 Å². The lowest BCUT2D eigenvalue weighted by Gasteiger charge is -2.33. The van der Waals surface area contributed by atoms with Crippen LogP contribution in [0.15, 0.2) is 47.2 Å². The highest BCUT2D eigenvalue weighted by atomic mass is 79.9. The van der Waals surface area contributed by atoms with Gasteiger partial charge in [0.25, 0.3) is 0 Å². The first-order valence-electron chi connectivity index (χ1n) is 11.4. The summed E-state index contributed by atoms with van der Waals surface area (Å²) >= 11 is 3.80. The van der Waals surface area contributed by atoms with Crippen LogP contribution in [0.25, 0.3) is 27.7 Å². The average Bonchev–Trinajstić information content (AvgIpc) is 3.25. The molecular formula is C24H27BrN6O2S. The van der Waals surface area contributed by atoms with Crippen molar-refractivity contribution >= 4 is 48.3 Å². The number of aromatic nitrogens is 4. The summed E-state index contributed by atoms with van der Waals surface area (Å²) in [7, 11) is -3.17. The molecule has 0 unspecified atom stereocenters. The first-order chi connectivity index (χ1) is 16.3. The van der Waals surface area contributed by atoms with Crippen LogP contribution < -0.4 is 9.62 Å². The predicted molar refractivity (Wildman–Crippen MR) is 139 cm³/mol. The Labute approximate surface area is 207 Å². The zero-order valence-corrected chi connectivity index (χ0v) is 21.6. The van der Waals surface area contributed by atoms with Gasteiger partial charge in [0.15, 0.2) is 5.65 Å². The van der Waals surface area contributed by atoms with E-state index in [0.717, 1.165) is 76.0 Å². The first kappa shape index (κ1) is 23.2. The van der Waals surface area contributed by atoms with Gasteiger partial charge in [-0.25, -0.2) is 22.6 Å². The highest BCUT2D eigenvalue weighted by Gasteiger charge is 2.25. The summed E-state index contributed by atoms with van der Waals surface area (Å²) < 4.78 is 28.4. The molecule has 1 aliphatic rings. The number of piperidine rings is 1. The maximum Gasteiger partial charge on any atom is 0.208 e. The predicted octanol–water partition coefficient (Wildman–Crippen LogP) is 4.04. The summed E-state index contributed by atoms with van der Waals surface area (Å²) in [5, 5.41) is 5.75. The van der Waals surface area contributed by atoms with Crippen LogP contribution in [0.4, 0.5) is 5.82 Å². The Morgan fingerprint density at radius 1 is 1.18 bits per heavy atom. The summed E-state index contributed by atoms with van der Waals surface area (Å²) in [5.41, 5.74) is 4.78. The van der Waals surface area contributed by atoms with E-state index in [-0.39, 0.29) is 0 Å². The van der Waals surface area contributed by atoms with E-state index in [9.17, 15) is 8.42 Å². The lowest BCUT2D eigenvalue weighted by Crippen LogP contribution is -2.39. The maximum absolute atomic E-state index is 11.4. The van der Waals surface area contributed by atoms with Crippen LogP contribution >= 0.6 is 15.9 Å². The van der Waals surface area contributed by atoms with Crippen LogP contribution in [0, 0.1) is 5.92 Å². The molecule has 1 aromatic carbocycles. The zero-order chi connectivity index (χ0) is 23.9.